The van der Waals surface area contributed by atoms with Crippen LogP contribution in [-0.2, 0) is 6.61 Å². The van der Waals surface area contributed by atoms with Crippen molar-refractivity contribution in [2.75, 3.05) is 5.73 Å². The SMILES string of the molecule is Nc1nccc(-c2ccc3noc(-c4cccc(-c5cccc(CO)c5)c4)c3c2)n1. The highest BCUT2D eigenvalue weighted by Gasteiger charge is 2.13. The zero-order valence-corrected chi connectivity index (χ0v) is 16.0. The largest absolute Gasteiger partial charge is 0.392 e. The molecule has 6 heteroatoms. The molecule has 0 amide bonds. The molecule has 0 aliphatic heterocycles. The van der Waals surface area contributed by atoms with E-state index in [1.165, 1.54) is 0 Å². The van der Waals surface area contributed by atoms with Gasteiger partial charge in [0.1, 0.15) is 5.52 Å². The first-order chi connectivity index (χ1) is 14.7. The molecular weight excluding hydrogens is 376 g/mol. The van der Waals surface area contributed by atoms with Gasteiger partial charge in [-0.15, -0.1) is 0 Å². The van der Waals surface area contributed by atoms with Gasteiger partial charge in [0.15, 0.2) is 5.76 Å². The molecule has 6 nitrogen and oxygen atoms in total. The molecule has 0 aliphatic rings. The second kappa shape index (κ2) is 7.42. The molecule has 30 heavy (non-hydrogen) atoms. The van der Waals surface area contributed by atoms with Gasteiger partial charge >= 0.3 is 0 Å². The van der Waals surface area contributed by atoms with Crippen LogP contribution >= 0.6 is 0 Å². The average Bonchev–Trinajstić information content (AvgIpc) is 3.22. The van der Waals surface area contributed by atoms with Crippen molar-refractivity contribution >= 4 is 16.9 Å². The summed E-state index contributed by atoms with van der Waals surface area (Å²) in [4.78, 5) is 8.26. The molecule has 146 valence electrons. The van der Waals surface area contributed by atoms with Crippen molar-refractivity contribution in [2.45, 2.75) is 6.61 Å². The van der Waals surface area contributed by atoms with Gasteiger partial charge < -0.3 is 15.4 Å². The lowest BCUT2D eigenvalue weighted by Crippen LogP contribution is -1.95. The summed E-state index contributed by atoms with van der Waals surface area (Å²) in [5.41, 5.74) is 12.0. The summed E-state index contributed by atoms with van der Waals surface area (Å²) in [5.74, 6) is 0.921. The highest BCUT2D eigenvalue weighted by Crippen LogP contribution is 2.34. The summed E-state index contributed by atoms with van der Waals surface area (Å²) >= 11 is 0. The smallest absolute Gasteiger partial charge is 0.220 e. The molecule has 0 atom stereocenters. The highest BCUT2D eigenvalue weighted by molar-refractivity contribution is 5.95. The molecule has 0 saturated heterocycles. The first-order valence-corrected chi connectivity index (χ1v) is 9.50. The fraction of sp³-hybridized carbons (Fsp3) is 0.0417. The van der Waals surface area contributed by atoms with Gasteiger partial charge in [-0.3, -0.25) is 0 Å². The Kier molecular flexibility index (Phi) is 4.46. The molecule has 3 aromatic carbocycles. The minimum absolute atomic E-state index is 0.0105. The Labute approximate surface area is 172 Å². The van der Waals surface area contributed by atoms with E-state index in [2.05, 4.69) is 21.2 Å². The van der Waals surface area contributed by atoms with Crippen LogP contribution in [0.25, 0.3) is 44.6 Å². The number of nitrogen functional groups attached to an aromatic ring is 1. The van der Waals surface area contributed by atoms with E-state index in [1.807, 2.05) is 66.7 Å². The van der Waals surface area contributed by atoms with Crippen molar-refractivity contribution in [3.05, 3.63) is 84.6 Å². The van der Waals surface area contributed by atoms with Crippen LogP contribution in [0.3, 0.4) is 0 Å². The molecule has 3 N–H and O–H groups in total. The lowest BCUT2D eigenvalue weighted by molar-refractivity contribution is 0.282. The van der Waals surface area contributed by atoms with Gasteiger partial charge in [-0.25, -0.2) is 9.97 Å². The number of aliphatic hydroxyl groups is 1. The highest BCUT2D eigenvalue weighted by atomic mass is 16.5. The normalized spacial score (nSPS) is 11.1. The molecule has 0 radical (unpaired) electrons. The molecule has 5 rings (SSSR count). The zero-order valence-electron chi connectivity index (χ0n) is 16.0. The van der Waals surface area contributed by atoms with Crippen molar-refractivity contribution in [1.82, 2.24) is 15.1 Å². The Bertz CT molecular complexity index is 1360. The van der Waals surface area contributed by atoms with Crippen molar-refractivity contribution in [2.24, 2.45) is 0 Å². The van der Waals surface area contributed by atoms with Crippen LogP contribution in [0.15, 0.2) is 83.5 Å². The number of fused-ring (bicyclic) bond motifs is 1. The van der Waals surface area contributed by atoms with Gasteiger partial charge in [-0.1, -0.05) is 47.6 Å². The summed E-state index contributed by atoms with van der Waals surface area (Å²) < 4.78 is 5.70. The average molecular weight is 394 g/mol. The van der Waals surface area contributed by atoms with Crippen LogP contribution < -0.4 is 5.73 Å². The van der Waals surface area contributed by atoms with Crippen LogP contribution in [0.5, 0.6) is 0 Å². The molecule has 0 bridgehead atoms. The number of hydrogen-bond donors (Lipinski definition) is 2. The van der Waals surface area contributed by atoms with Gasteiger partial charge in [0, 0.05) is 17.3 Å². The van der Waals surface area contributed by atoms with Crippen LogP contribution in [0, 0.1) is 0 Å². The van der Waals surface area contributed by atoms with E-state index in [0.717, 1.165) is 44.4 Å². The van der Waals surface area contributed by atoms with Gasteiger partial charge in [0.2, 0.25) is 5.95 Å². The summed E-state index contributed by atoms with van der Waals surface area (Å²) in [7, 11) is 0. The molecule has 0 saturated carbocycles. The van der Waals surface area contributed by atoms with E-state index in [9.17, 15) is 5.11 Å². The first kappa shape index (κ1) is 18.0. The Hall–Kier alpha value is -4.03. The van der Waals surface area contributed by atoms with Crippen molar-refractivity contribution in [3.63, 3.8) is 0 Å². The van der Waals surface area contributed by atoms with E-state index < -0.39 is 0 Å². The fourth-order valence-electron chi connectivity index (χ4n) is 3.53. The molecule has 0 aliphatic carbocycles. The van der Waals surface area contributed by atoms with E-state index in [1.54, 1.807) is 6.20 Å². The number of aliphatic hydroxyl groups excluding tert-OH is 1. The molecule has 2 heterocycles. The standard InChI is InChI=1S/C24H18N4O2/c25-24-26-10-9-21(27-24)18-7-8-22-20(13-18)23(30-28-22)19-6-2-5-17(12-19)16-4-1-3-15(11-16)14-29/h1-13,29H,14H2,(H2,25,26,27). The van der Waals surface area contributed by atoms with E-state index in [-0.39, 0.29) is 12.6 Å². The van der Waals surface area contributed by atoms with Crippen molar-refractivity contribution in [3.8, 4) is 33.7 Å². The predicted octanol–water partition coefficient (Wildman–Crippen LogP) is 4.69. The van der Waals surface area contributed by atoms with Crippen LogP contribution in [0.4, 0.5) is 5.95 Å². The van der Waals surface area contributed by atoms with Gasteiger partial charge in [0.25, 0.3) is 0 Å². The third kappa shape index (κ3) is 3.29. The summed E-state index contributed by atoms with van der Waals surface area (Å²) in [6.45, 7) is 0.0105. The number of anilines is 1. The quantitative estimate of drug-likeness (QED) is 0.459. The Morgan fingerprint density at radius 3 is 2.47 bits per heavy atom. The van der Waals surface area contributed by atoms with E-state index >= 15 is 0 Å². The number of nitrogens with two attached hydrogens (primary N) is 1. The summed E-state index contributed by atoms with van der Waals surface area (Å²) in [5, 5.41) is 14.5. The third-order valence-corrected chi connectivity index (χ3v) is 5.01. The van der Waals surface area contributed by atoms with Crippen LogP contribution in [0.1, 0.15) is 5.56 Å². The minimum Gasteiger partial charge on any atom is -0.392 e. The maximum absolute atomic E-state index is 9.43. The minimum atomic E-state index is 0.0105. The third-order valence-electron chi connectivity index (χ3n) is 5.01. The van der Waals surface area contributed by atoms with Gasteiger partial charge in [-0.2, -0.15) is 0 Å². The topological polar surface area (TPSA) is 98.1 Å². The fourth-order valence-corrected chi connectivity index (χ4v) is 3.53. The zero-order chi connectivity index (χ0) is 20.5. The van der Waals surface area contributed by atoms with Crippen molar-refractivity contribution in [1.29, 1.82) is 0 Å². The number of rotatable bonds is 4. The van der Waals surface area contributed by atoms with Crippen LogP contribution in [0.2, 0.25) is 0 Å². The number of hydrogen-bond acceptors (Lipinski definition) is 6. The molecule has 0 spiro atoms. The molecule has 0 fully saturated rings. The maximum Gasteiger partial charge on any atom is 0.220 e. The second-order valence-corrected chi connectivity index (χ2v) is 6.98. The maximum atomic E-state index is 9.43. The summed E-state index contributed by atoms with van der Waals surface area (Å²) in [6.07, 6.45) is 1.64. The van der Waals surface area contributed by atoms with Gasteiger partial charge in [0.05, 0.1) is 17.7 Å². The monoisotopic (exact) mass is 394 g/mol. The predicted molar refractivity (Wildman–Crippen MR) is 116 cm³/mol. The second-order valence-electron chi connectivity index (χ2n) is 6.98. The van der Waals surface area contributed by atoms with E-state index in [0.29, 0.717) is 5.76 Å². The number of nitrogens with zero attached hydrogens (tertiary/aromatic N) is 3. The van der Waals surface area contributed by atoms with E-state index in [4.69, 9.17) is 10.3 Å². The molecule has 2 aromatic heterocycles. The van der Waals surface area contributed by atoms with Crippen LogP contribution in [-0.4, -0.2) is 20.2 Å². The first-order valence-electron chi connectivity index (χ1n) is 9.50. The van der Waals surface area contributed by atoms with Crippen molar-refractivity contribution < 1.29 is 9.63 Å². The lowest BCUT2D eigenvalue weighted by Gasteiger charge is -2.06. The van der Waals surface area contributed by atoms with Gasteiger partial charge in [-0.05, 0) is 47.0 Å². The number of aromatic nitrogens is 3. The molecule has 5 aromatic rings. The lowest BCUT2D eigenvalue weighted by atomic mass is 9.99. The summed E-state index contributed by atoms with van der Waals surface area (Å²) in [6, 6.07) is 23.6. The number of benzene rings is 3. The molecular formula is C24H18N4O2. The Morgan fingerprint density at radius 2 is 1.63 bits per heavy atom. The Morgan fingerprint density at radius 1 is 0.833 bits per heavy atom. The molecule has 0 unspecified atom stereocenters. The Balaban J connectivity index is 1.60.